The Morgan fingerprint density at radius 2 is 2.17 bits per heavy atom. The molecule has 0 aliphatic carbocycles. The molecule has 1 atom stereocenters. The number of hydrogen-bond acceptors (Lipinski definition) is 3. The van der Waals surface area contributed by atoms with Crippen LogP contribution in [0.5, 0.6) is 0 Å². The Kier molecular flexibility index (Phi) is 6.94. The van der Waals surface area contributed by atoms with Gasteiger partial charge in [0.1, 0.15) is 0 Å². The zero-order valence-electron chi connectivity index (χ0n) is 11.4. The topological polar surface area (TPSA) is 72.9 Å². The molecule has 1 heterocycles. The number of rotatable bonds is 5. The van der Waals surface area contributed by atoms with Crippen molar-refractivity contribution in [3.63, 3.8) is 0 Å². The second-order valence-electron chi connectivity index (χ2n) is 4.62. The number of carbonyl (C=O) groups is 1. The molecule has 0 fully saturated rings. The van der Waals surface area contributed by atoms with Gasteiger partial charge in [-0.3, -0.25) is 9.48 Å². The van der Waals surface area contributed by atoms with Crippen molar-refractivity contribution in [2.45, 2.75) is 39.8 Å². The molecule has 1 rings (SSSR count). The standard InChI is InChI=1S/C12H22N4O.ClH/c1-5-10-9(7-16(4)15-10)6-14-12(17)11(13)8(2)3;/h7-8,11H,5-6,13H2,1-4H3,(H,14,17);1H/t11-;/m0./s1. The third kappa shape index (κ3) is 4.31. The second kappa shape index (κ2) is 7.38. The first kappa shape index (κ1) is 16.9. The summed E-state index contributed by atoms with van der Waals surface area (Å²) in [6.07, 6.45) is 2.79. The van der Waals surface area contributed by atoms with Crippen LogP contribution in [0.1, 0.15) is 32.0 Å². The van der Waals surface area contributed by atoms with Gasteiger partial charge in [0.15, 0.2) is 0 Å². The maximum absolute atomic E-state index is 11.7. The van der Waals surface area contributed by atoms with E-state index in [2.05, 4.69) is 10.4 Å². The fourth-order valence-electron chi connectivity index (χ4n) is 1.63. The molecule has 0 saturated heterocycles. The molecule has 18 heavy (non-hydrogen) atoms. The number of aryl methyl sites for hydroxylation is 2. The lowest BCUT2D eigenvalue weighted by Crippen LogP contribution is -2.43. The Morgan fingerprint density at radius 1 is 1.56 bits per heavy atom. The first-order valence-corrected chi connectivity index (χ1v) is 6.00. The molecule has 6 heteroatoms. The van der Waals surface area contributed by atoms with E-state index in [1.54, 1.807) is 4.68 Å². The van der Waals surface area contributed by atoms with Crippen LogP contribution >= 0.6 is 12.4 Å². The normalized spacial score (nSPS) is 12.1. The average molecular weight is 275 g/mol. The Hall–Kier alpha value is -1.07. The highest BCUT2D eigenvalue weighted by Crippen LogP contribution is 2.07. The van der Waals surface area contributed by atoms with Crippen LogP contribution in [0.2, 0.25) is 0 Å². The molecule has 1 aromatic rings. The summed E-state index contributed by atoms with van der Waals surface area (Å²) in [5.41, 5.74) is 7.84. The molecule has 0 radical (unpaired) electrons. The van der Waals surface area contributed by atoms with Gasteiger partial charge < -0.3 is 11.1 Å². The summed E-state index contributed by atoms with van der Waals surface area (Å²) in [5, 5.41) is 7.17. The largest absolute Gasteiger partial charge is 0.351 e. The molecule has 0 aliphatic rings. The van der Waals surface area contributed by atoms with Crippen molar-refractivity contribution in [3.05, 3.63) is 17.5 Å². The van der Waals surface area contributed by atoms with Gasteiger partial charge in [-0.05, 0) is 12.3 Å². The Morgan fingerprint density at radius 3 is 2.67 bits per heavy atom. The zero-order valence-corrected chi connectivity index (χ0v) is 12.3. The van der Waals surface area contributed by atoms with E-state index in [0.717, 1.165) is 17.7 Å². The lowest BCUT2D eigenvalue weighted by molar-refractivity contribution is -0.123. The van der Waals surface area contributed by atoms with E-state index in [1.807, 2.05) is 34.0 Å². The first-order valence-electron chi connectivity index (χ1n) is 6.00. The highest BCUT2D eigenvalue weighted by atomic mass is 35.5. The van der Waals surface area contributed by atoms with Gasteiger partial charge in [0, 0.05) is 25.4 Å². The van der Waals surface area contributed by atoms with Crippen molar-refractivity contribution in [1.29, 1.82) is 0 Å². The minimum Gasteiger partial charge on any atom is -0.351 e. The van der Waals surface area contributed by atoms with E-state index in [4.69, 9.17) is 5.73 Å². The highest BCUT2D eigenvalue weighted by Gasteiger charge is 2.17. The summed E-state index contributed by atoms with van der Waals surface area (Å²) >= 11 is 0. The first-order chi connectivity index (χ1) is 7.95. The van der Waals surface area contributed by atoms with E-state index in [0.29, 0.717) is 6.54 Å². The quantitative estimate of drug-likeness (QED) is 0.841. The van der Waals surface area contributed by atoms with E-state index in [1.165, 1.54) is 0 Å². The zero-order chi connectivity index (χ0) is 13.0. The molecular weight excluding hydrogens is 252 g/mol. The van der Waals surface area contributed by atoms with Crippen LogP contribution in [0.4, 0.5) is 0 Å². The molecule has 0 aliphatic heterocycles. The molecular formula is C12H23ClN4O. The number of nitrogens with one attached hydrogen (secondary N) is 1. The van der Waals surface area contributed by atoms with Gasteiger partial charge in [0.25, 0.3) is 0 Å². The van der Waals surface area contributed by atoms with Gasteiger partial charge in [0.05, 0.1) is 11.7 Å². The predicted octanol–water partition coefficient (Wildman–Crippen LogP) is 1.00. The predicted molar refractivity (Wildman–Crippen MR) is 74.5 cm³/mol. The monoisotopic (exact) mass is 274 g/mol. The number of carbonyl (C=O) groups excluding carboxylic acids is 1. The van der Waals surface area contributed by atoms with Crippen LogP contribution in [-0.4, -0.2) is 21.7 Å². The van der Waals surface area contributed by atoms with E-state index >= 15 is 0 Å². The number of halogens is 1. The van der Waals surface area contributed by atoms with Crippen LogP contribution in [0.15, 0.2) is 6.20 Å². The van der Waals surface area contributed by atoms with Gasteiger partial charge in [-0.25, -0.2) is 0 Å². The second-order valence-corrected chi connectivity index (χ2v) is 4.62. The maximum Gasteiger partial charge on any atom is 0.237 e. The van der Waals surface area contributed by atoms with Crippen LogP contribution in [0.25, 0.3) is 0 Å². The summed E-state index contributed by atoms with van der Waals surface area (Å²) in [5.74, 6) is 0.0421. The lowest BCUT2D eigenvalue weighted by Gasteiger charge is -2.15. The van der Waals surface area contributed by atoms with E-state index in [-0.39, 0.29) is 24.2 Å². The summed E-state index contributed by atoms with van der Waals surface area (Å²) in [4.78, 5) is 11.7. The molecule has 0 unspecified atom stereocenters. The molecule has 3 N–H and O–H groups in total. The number of amides is 1. The van der Waals surface area contributed by atoms with E-state index in [9.17, 15) is 4.79 Å². The third-order valence-corrected chi connectivity index (χ3v) is 2.80. The summed E-state index contributed by atoms with van der Waals surface area (Å²) in [6.45, 7) is 6.42. The van der Waals surface area contributed by atoms with Crippen molar-refractivity contribution in [2.24, 2.45) is 18.7 Å². The van der Waals surface area contributed by atoms with Gasteiger partial charge >= 0.3 is 0 Å². The van der Waals surface area contributed by atoms with Crippen LogP contribution in [0.3, 0.4) is 0 Å². The minimum atomic E-state index is -0.447. The van der Waals surface area contributed by atoms with Gasteiger partial charge in [-0.2, -0.15) is 5.10 Å². The molecule has 0 saturated carbocycles. The average Bonchev–Trinajstić information content (AvgIpc) is 2.65. The molecule has 0 aromatic carbocycles. The Labute approximate surface area is 115 Å². The van der Waals surface area contributed by atoms with Gasteiger partial charge in [-0.1, -0.05) is 20.8 Å². The summed E-state index contributed by atoms with van der Waals surface area (Å²) in [6, 6.07) is -0.447. The number of aromatic nitrogens is 2. The number of nitrogens with two attached hydrogens (primary N) is 1. The molecule has 0 bridgehead atoms. The van der Waals surface area contributed by atoms with Crippen molar-refractivity contribution in [3.8, 4) is 0 Å². The van der Waals surface area contributed by atoms with Crippen LogP contribution in [-0.2, 0) is 24.8 Å². The molecule has 104 valence electrons. The molecule has 1 amide bonds. The van der Waals surface area contributed by atoms with Crippen LogP contribution < -0.4 is 11.1 Å². The SMILES string of the molecule is CCc1nn(C)cc1CNC(=O)[C@@H](N)C(C)C.Cl. The van der Waals surface area contributed by atoms with E-state index < -0.39 is 6.04 Å². The van der Waals surface area contributed by atoms with Crippen molar-refractivity contribution in [2.75, 3.05) is 0 Å². The fourth-order valence-corrected chi connectivity index (χ4v) is 1.63. The molecule has 1 aromatic heterocycles. The fraction of sp³-hybridized carbons (Fsp3) is 0.667. The number of nitrogens with zero attached hydrogens (tertiary/aromatic N) is 2. The number of hydrogen-bond donors (Lipinski definition) is 2. The lowest BCUT2D eigenvalue weighted by atomic mass is 10.0. The smallest absolute Gasteiger partial charge is 0.237 e. The summed E-state index contributed by atoms with van der Waals surface area (Å²) in [7, 11) is 1.88. The van der Waals surface area contributed by atoms with Crippen molar-refractivity contribution in [1.82, 2.24) is 15.1 Å². The van der Waals surface area contributed by atoms with Crippen LogP contribution in [0, 0.1) is 5.92 Å². The molecule has 0 spiro atoms. The Balaban J connectivity index is 0.00000289. The Bertz CT molecular complexity index is 389. The van der Waals surface area contributed by atoms with Gasteiger partial charge in [0.2, 0.25) is 5.91 Å². The maximum atomic E-state index is 11.7. The highest BCUT2D eigenvalue weighted by molar-refractivity contribution is 5.85. The van der Waals surface area contributed by atoms with Gasteiger partial charge in [-0.15, -0.1) is 12.4 Å². The minimum absolute atomic E-state index is 0. The third-order valence-electron chi connectivity index (χ3n) is 2.80. The van der Waals surface area contributed by atoms with Crippen molar-refractivity contribution >= 4 is 18.3 Å². The molecule has 5 nitrogen and oxygen atoms in total. The van der Waals surface area contributed by atoms with Crippen molar-refractivity contribution < 1.29 is 4.79 Å². The summed E-state index contributed by atoms with van der Waals surface area (Å²) < 4.78 is 1.77.